The van der Waals surface area contributed by atoms with Gasteiger partial charge in [-0.1, -0.05) is 44.2 Å². The number of fused-ring (bicyclic) bond motifs is 1. The summed E-state index contributed by atoms with van der Waals surface area (Å²) in [6.45, 7) is 7.71. The lowest BCUT2D eigenvalue weighted by atomic mass is 9.51. The highest BCUT2D eigenvalue weighted by Crippen LogP contribution is 2.61. The van der Waals surface area contributed by atoms with Crippen LogP contribution in [0.15, 0.2) is 30.3 Å². The molecule has 5 rings (SSSR count). The molecule has 7 unspecified atom stereocenters. The Hall–Kier alpha value is -1.27. The maximum absolute atomic E-state index is 13.3. The molecule has 4 aliphatic rings. The molecule has 1 aromatic rings. The van der Waals surface area contributed by atoms with Gasteiger partial charge >= 0.3 is 0 Å². The average molecular weight is 457 g/mol. The van der Waals surface area contributed by atoms with Crippen molar-refractivity contribution in [3.63, 3.8) is 0 Å². The Morgan fingerprint density at radius 3 is 2.48 bits per heavy atom. The van der Waals surface area contributed by atoms with E-state index in [-0.39, 0.29) is 34.9 Å². The Bertz CT molecular complexity index is 860. The van der Waals surface area contributed by atoms with Crippen molar-refractivity contribution in [3.8, 4) is 0 Å². The topological polar surface area (TPSA) is 76.0 Å². The van der Waals surface area contributed by atoms with Gasteiger partial charge in [-0.25, -0.2) is 0 Å². The highest BCUT2D eigenvalue weighted by Gasteiger charge is 2.60. The number of carbonyl (C=O) groups excluding carboxylic acids is 1. The number of aliphatic hydroxyl groups excluding tert-OH is 1. The van der Waals surface area contributed by atoms with Crippen LogP contribution in [0, 0.1) is 35.0 Å². The quantitative estimate of drug-likeness (QED) is 0.648. The molecule has 1 saturated heterocycles. The Morgan fingerprint density at radius 2 is 1.79 bits per heavy atom. The minimum Gasteiger partial charge on any atom is -0.393 e. The zero-order valence-corrected chi connectivity index (χ0v) is 20.3. The van der Waals surface area contributed by atoms with Gasteiger partial charge in [0.25, 0.3) is 0 Å². The summed E-state index contributed by atoms with van der Waals surface area (Å²) in [6.07, 6.45) is 4.90. The Kier molecular flexibility index (Phi) is 6.00. The van der Waals surface area contributed by atoms with Gasteiger partial charge in [0, 0.05) is 24.8 Å². The van der Waals surface area contributed by atoms with Crippen molar-refractivity contribution >= 4 is 5.78 Å². The molecule has 1 aliphatic heterocycles. The van der Waals surface area contributed by atoms with Crippen LogP contribution in [0.25, 0.3) is 0 Å². The summed E-state index contributed by atoms with van der Waals surface area (Å²) in [4.78, 5) is 13.3. The van der Waals surface area contributed by atoms with E-state index in [1.54, 1.807) is 0 Å². The predicted molar refractivity (Wildman–Crippen MR) is 126 cm³/mol. The molecule has 0 aromatic heterocycles. The van der Waals surface area contributed by atoms with Gasteiger partial charge in [-0.2, -0.15) is 0 Å². The molecule has 0 radical (unpaired) electrons. The zero-order valence-electron chi connectivity index (χ0n) is 20.3. The van der Waals surface area contributed by atoms with Crippen molar-refractivity contribution in [3.05, 3.63) is 35.9 Å². The standard InChI is InChI=1S/C28H40O5/c1-18-15-22(25(30)21-9-10-27(3,31)24(18)21)26(2)11-12-28(32-13-14-33-28)17-20(26)16-23(29)19-7-5-4-6-8-19/h4-8,18,20-22,24-25,30-31H,9-17H2,1-3H3/t18-,20?,21?,22?,24?,25?,26?,27?/m0/s1. The van der Waals surface area contributed by atoms with Gasteiger partial charge in [0.05, 0.1) is 24.9 Å². The molecule has 1 heterocycles. The number of Topliss-reactive ketones (excluding diaryl/α,β-unsaturated/α-hetero) is 1. The van der Waals surface area contributed by atoms with Crippen molar-refractivity contribution in [2.45, 2.75) is 83.2 Å². The maximum Gasteiger partial charge on any atom is 0.168 e. The first-order valence-electron chi connectivity index (χ1n) is 12.9. The second-order valence-electron chi connectivity index (χ2n) is 11.9. The van der Waals surface area contributed by atoms with E-state index in [0.29, 0.717) is 32.0 Å². The van der Waals surface area contributed by atoms with Crippen LogP contribution in [0.1, 0.15) is 76.1 Å². The van der Waals surface area contributed by atoms with Gasteiger partial charge in [0.15, 0.2) is 11.6 Å². The monoisotopic (exact) mass is 456 g/mol. The lowest BCUT2D eigenvalue weighted by Crippen LogP contribution is -2.56. The van der Waals surface area contributed by atoms with Crippen molar-refractivity contribution in [1.82, 2.24) is 0 Å². The third kappa shape index (κ3) is 3.99. The second kappa shape index (κ2) is 8.44. The molecule has 1 spiro atoms. The molecule has 3 aliphatic carbocycles. The Balaban J connectivity index is 1.44. The molecular weight excluding hydrogens is 416 g/mol. The molecule has 5 nitrogen and oxygen atoms in total. The summed E-state index contributed by atoms with van der Waals surface area (Å²) >= 11 is 0. The van der Waals surface area contributed by atoms with Gasteiger partial charge in [-0.05, 0) is 67.6 Å². The van der Waals surface area contributed by atoms with Gasteiger partial charge in [0.1, 0.15) is 0 Å². The third-order valence-electron chi connectivity index (χ3n) is 9.98. The van der Waals surface area contributed by atoms with Crippen LogP contribution in [0.4, 0.5) is 0 Å². The fourth-order valence-electron chi connectivity index (χ4n) is 8.22. The van der Waals surface area contributed by atoms with E-state index >= 15 is 0 Å². The summed E-state index contributed by atoms with van der Waals surface area (Å²) in [5.41, 5.74) is -0.128. The van der Waals surface area contributed by atoms with Crippen LogP contribution in [0.3, 0.4) is 0 Å². The zero-order chi connectivity index (χ0) is 23.4. The maximum atomic E-state index is 13.3. The number of ether oxygens (including phenoxy) is 2. The molecule has 8 atom stereocenters. The molecule has 182 valence electrons. The van der Waals surface area contributed by atoms with Gasteiger partial charge in [0.2, 0.25) is 0 Å². The molecule has 33 heavy (non-hydrogen) atoms. The molecule has 3 saturated carbocycles. The summed E-state index contributed by atoms with van der Waals surface area (Å²) < 4.78 is 12.2. The van der Waals surface area contributed by atoms with E-state index in [4.69, 9.17) is 9.47 Å². The van der Waals surface area contributed by atoms with Crippen molar-refractivity contribution in [1.29, 1.82) is 0 Å². The van der Waals surface area contributed by atoms with Crippen LogP contribution in [0.2, 0.25) is 0 Å². The van der Waals surface area contributed by atoms with Crippen molar-refractivity contribution < 1.29 is 24.5 Å². The van der Waals surface area contributed by atoms with E-state index in [1.165, 1.54) is 0 Å². The highest BCUT2D eigenvalue weighted by molar-refractivity contribution is 5.96. The fourth-order valence-corrected chi connectivity index (χ4v) is 8.22. The third-order valence-corrected chi connectivity index (χ3v) is 9.98. The minimum atomic E-state index is -0.693. The largest absolute Gasteiger partial charge is 0.393 e. The van der Waals surface area contributed by atoms with E-state index in [1.807, 2.05) is 37.3 Å². The number of rotatable bonds is 4. The summed E-state index contributed by atoms with van der Waals surface area (Å²) in [7, 11) is 0. The first-order chi connectivity index (χ1) is 15.7. The fraction of sp³-hybridized carbons (Fsp3) is 0.750. The van der Waals surface area contributed by atoms with Crippen molar-refractivity contribution in [2.75, 3.05) is 13.2 Å². The lowest BCUT2D eigenvalue weighted by molar-refractivity contribution is -0.223. The molecular formula is C28H40O5. The Morgan fingerprint density at radius 1 is 1.09 bits per heavy atom. The van der Waals surface area contributed by atoms with Crippen LogP contribution >= 0.6 is 0 Å². The SMILES string of the molecule is C[C@H]1CC(C2(C)CCC3(CC2CC(=O)c2ccccc2)OCCO3)C(O)C2CCC(C)(O)C21. The average Bonchev–Trinajstić information content (AvgIpc) is 3.38. The first kappa shape index (κ1) is 23.5. The first-order valence-corrected chi connectivity index (χ1v) is 12.9. The smallest absolute Gasteiger partial charge is 0.168 e. The molecule has 2 N–H and O–H groups in total. The normalized spacial score (nSPS) is 44.6. The van der Waals surface area contributed by atoms with Crippen LogP contribution in [-0.2, 0) is 9.47 Å². The molecule has 0 amide bonds. The van der Waals surface area contributed by atoms with Crippen LogP contribution in [0.5, 0.6) is 0 Å². The molecule has 0 bridgehead atoms. The summed E-state index contributed by atoms with van der Waals surface area (Å²) in [5, 5.41) is 22.7. The number of carbonyl (C=O) groups is 1. The number of hydrogen-bond acceptors (Lipinski definition) is 5. The van der Waals surface area contributed by atoms with E-state index in [9.17, 15) is 15.0 Å². The molecule has 1 aromatic carbocycles. The summed E-state index contributed by atoms with van der Waals surface area (Å²) in [5.74, 6) is 0.378. The lowest BCUT2D eigenvalue weighted by Gasteiger charge is -2.56. The Labute approximate surface area is 197 Å². The second-order valence-corrected chi connectivity index (χ2v) is 11.9. The van der Waals surface area contributed by atoms with Gasteiger partial charge < -0.3 is 19.7 Å². The number of benzene rings is 1. The number of hydrogen-bond donors (Lipinski definition) is 2. The number of ketones is 1. The molecule has 5 heteroatoms. The van der Waals surface area contributed by atoms with Gasteiger partial charge in [-0.3, -0.25) is 4.79 Å². The number of aliphatic hydroxyl groups is 2. The predicted octanol–water partition coefficient (Wildman–Crippen LogP) is 4.60. The van der Waals surface area contributed by atoms with Crippen LogP contribution in [-0.4, -0.2) is 46.7 Å². The summed E-state index contributed by atoms with van der Waals surface area (Å²) in [6, 6.07) is 9.55. The highest BCUT2D eigenvalue weighted by atomic mass is 16.7. The van der Waals surface area contributed by atoms with Gasteiger partial charge in [-0.15, -0.1) is 0 Å². The van der Waals surface area contributed by atoms with E-state index < -0.39 is 17.5 Å². The minimum absolute atomic E-state index is 0.0716. The van der Waals surface area contributed by atoms with E-state index in [2.05, 4.69) is 13.8 Å². The van der Waals surface area contributed by atoms with Crippen LogP contribution < -0.4 is 0 Å². The van der Waals surface area contributed by atoms with Crippen molar-refractivity contribution in [2.24, 2.45) is 35.0 Å². The molecule has 4 fully saturated rings. The van der Waals surface area contributed by atoms with E-state index in [0.717, 1.165) is 37.7 Å².